The molecule has 0 amide bonds. The molecule has 6 rings (SSSR count). The fraction of sp³-hybridized carbons (Fsp3) is 0.276. The topological polar surface area (TPSA) is 74.5 Å². The minimum atomic E-state index is -0.215. The third kappa shape index (κ3) is 4.67. The van der Waals surface area contributed by atoms with Crippen molar-refractivity contribution in [1.82, 2.24) is 9.97 Å². The van der Waals surface area contributed by atoms with Crippen molar-refractivity contribution in [3.8, 4) is 0 Å². The van der Waals surface area contributed by atoms with Crippen LogP contribution >= 0.6 is 0 Å². The van der Waals surface area contributed by atoms with Gasteiger partial charge in [0.2, 0.25) is 5.95 Å². The van der Waals surface area contributed by atoms with Crippen molar-refractivity contribution < 1.29 is 13.6 Å². The van der Waals surface area contributed by atoms with Gasteiger partial charge in [-0.25, -0.2) is 9.37 Å². The van der Waals surface area contributed by atoms with Gasteiger partial charge in [0.1, 0.15) is 17.4 Å². The molecule has 0 spiro atoms. The number of ketones is 1. The summed E-state index contributed by atoms with van der Waals surface area (Å²) in [7, 11) is 0. The number of hydrogen-bond donors (Lipinski definition) is 1. The van der Waals surface area contributed by atoms with Crippen LogP contribution in [0.2, 0.25) is 0 Å². The number of carbonyl (C=O) groups is 1. The van der Waals surface area contributed by atoms with Crippen LogP contribution in [0.15, 0.2) is 71.3 Å². The highest BCUT2D eigenvalue weighted by molar-refractivity contribution is 6.03. The minimum absolute atomic E-state index is 0.00758. The van der Waals surface area contributed by atoms with Gasteiger partial charge in [-0.15, -0.1) is 0 Å². The molecule has 1 atom stereocenters. The molecule has 0 saturated carbocycles. The quantitative estimate of drug-likeness (QED) is 0.390. The Morgan fingerprint density at radius 2 is 1.68 bits per heavy atom. The van der Waals surface area contributed by atoms with Gasteiger partial charge in [-0.05, 0) is 43.3 Å². The first-order chi connectivity index (χ1) is 18.0. The molecule has 8 heteroatoms. The molecule has 1 aliphatic carbocycles. The van der Waals surface area contributed by atoms with E-state index in [-0.39, 0.29) is 17.5 Å². The lowest BCUT2D eigenvalue weighted by atomic mass is 9.84. The van der Waals surface area contributed by atoms with Crippen LogP contribution in [0.4, 0.5) is 27.5 Å². The second-order valence-corrected chi connectivity index (χ2v) is 9.65. The van der Waals surface area contributed by atoms with E-state index in [0.29, 0.717) is 62.0 Å². The molecule has 1 N–H and O–H groups in total. The number of nitrogens with zero attached hydrogens (tertiary/aromatic N) is 4. The lowest BCUT2D eigenvalue weighted by Crippen LogP contribution is -2.47. The third-order valence-corrected chi connectivity index (χ3v) is 7.14. The zero-order valence-electron chi connectivity index (χ0n) is 20.7. The lowest BCUT2D eigenvalue weighted by molar-refractivity contribution is 0.0959. The van der Waals surface area contributed by atoms with Crippen LogP contribution in [0, 0.1) is 12.7 Å². The fourth-order valence-corrected chi connectivity index (χ4v) is 5.15. The van der Waals surface area contributed by atoms with Crippen LogP contribution in [0.5, 0.6) is 0 Å². The predicted octanol–water partition coefficient (Wildman–Crippen LogP) is 5.50. The summed E-state index contributed by atoms with van der Waals surface area (Å²) in [6.45, 7) is 4.62. The number of aryl methyl sites for hydroxylation is 1. The van der Waals surface area contributed by atoms with Crippen LogP contribution < -0.4 is 15.1 Å². The smallest absolute Gasteiger partial charge is 0.227 e. The molecule has 188 valence electrons. The van der Waals surface area contributed by atoms with Crippen LogP contribution in [-0.2, 0) is 6.42 Å². The number of hydrogen-bond acceptors (Lipinski definition) is 7. The first-order valence-corrected chi connectivity index (χ1v) is 12.6. The summed E-state index contributed by atoms with van der Waals surface area (Å²) >= 11 is 0. The maximum absolute atomic E-state index is 14.3. The van der Waals surface area contributed by atoms with Crippen LogP contribution in [-0.4, -0.2) is 41.9 Å². The molecule has 0 radical (unpaired) electrons. The zero-order valence-corrected chi connectivity index (χ0v) is 20.7. The molecule has 4 aromatic rings. The number of furan rings is 1. The summed E-state index contributed by atoms with van der Waals surface area (Å²) in [5.41, 5.74) is 3.91. The number of piperazine rings is 1. The van der Waals surface area contributed by atoms with E-state index in [0.717, 1.165) is 22.7 Å². The third-order valence-electron chi connectivity index (χ3n) is 7.14. The summed E-state index contributed by atoms with van der Waals surface area (Å²) < 4.78 is 20.0. The van der Waals surface area contributed by atoms with Crippen molar-refractivity contribution >= 4 is 28.9 Å². The molecule has 2 aliphatic rings. The normalized spacial score (nSPS) is 17.6. The van der Waals surface area contributed by atoms with Crippen molar-refractivity contribution in [3.05, 3.63) is 95.3 Å². The summed E-state index contributed by atoms with van der Waals surface area (Å²) in [5, 5.41) is 3.38. The Kier molecular flexibility index (Phi) is 6.08. The van der Waals surface area contributed by atoms with E-state index in [1.807, 2.05) is 60.4 Å². The number of benzene rings is 2. The largest absolute Gasteiger partial charge is 0.469 e. The van der Waals surface area contributed by atoms with Crippen molar-refractivity contribution in [2.75, 3.05) is 41.3 Å². The first-order valence-electron chi connectivity index (χ1n) is 12.6. The minimum Gasteiger partial charge on any atom is -0.469 e. The molecular formula is C29H28FN5O2. The number of para-hydroxylation sites is 1. The maximum atomic E-state index is 14.3. The monoisotopic (exact) mass is 497 g/mol. The van der Waals surface area contributed by atoms with E-state index in [2.05, 4.69) is 10.2 Å². The Morgan fingerprint density at radius 3 is 2.41 bits per heavy atom. The van der Waals surface area contributed by atoms with Crippen molar-refractivity contribution in [2.45, 2.75) is 25.7 Å². The van der Waals surface area contributed by atoms with Gasteiger partial charge in [0.25, 0.3) is 0 Å². The summed E-state index contributed by atoms with van der Waals surface area (Å²) in [5.74, 6) is 1.65. The van der Waals surface area contributed by atoms with E-state index in [9.17, 15) is 9.18 Å². The highest BCUT2D eigenvalue weighted by Gasteiger charge is 2.33. The second kappa shape index (κ2) is 9.69. The van der Waals surface area contributed by atoms with Gasteiger partial charge in [-0.1, -0.05) is 29.8 Å². The molecular weight excluding hydrogens is 469 g/mol. The van der Waals surface area contributed by atoms with Gasteiger partial charge in [0.05, 0.1) is 23.2 Å². The number of fused-ring (bicyclic) bond motifs is 1. The molecule has 1 aliphatic heterocycles. The summed E-state index contributed by atoms with van der Waals surface area (Å²) in [4.78, 5) is 27.3. The number of rotatable bonds is 5. The van der Waals surface area contributed by atoms with Crippen LogP contribution in [0.1, 0.15) is 39.7 Å². The Morgan fingerprint density at radius 1 is 0.919 bits per heavy atom. The van der Waals surface area contributed by atoms with E-state index >= 15 is 0 Å². The van der Waals surface area contributed by atoms with Gasteiger partial charge in [0, 0.05) is 50.6 Å². The summed E-state index contributed by atoms with van der Waals surface area (Å²) in [6, 6.07) is 18.6. The Balaban J connectivity index is 1.32. The van der Waals surface area contributed by atoms with Crippen LogP contribution in [0.3, 0.4) is 0 Å². The van der Waals surface area contributed by atoms with Crippen molar-refractivity contribution in [2.24, 2.45) is 0 Å². The highest BCUT2D eigenvalue weighted by atomic mass is 19.1. The van der Waals surface area contributed by atoms with E-state index in [1.54, 1.807) is 12.3 Å². The van der Waals surface area contributed by atoms with E-state index in [1.165, 1.54) is 6.07 Å². The average Bonchev–Trinajstić information content (AvgIpc) is 3.45. The number of anilines is 4. The van der Waals surface area contributed by atoms with E-state index < -0.39 is 0 Å². The van der Waals surface area contributed by atoms with Crippen molar-refractivity contribution in [3.63, 3.8) is 0 Å². The van der Waals surface area contributed by atoms with Gasteiger partial charge >= 0.3 is 0 Å². The average molecular weight is 498 g/mol. The van der Waals surface area contributed by atoms with Gasteiger partial charge in [-0.2, -0.15) is 4.98 Å². The second-order valence-electron chi connectivity index (χ2n) is 9.65. The number of halogens is 1. The highest BCUT2D eigenvalue weighted by Crippen LogP contribution is 2.37. The van der Waals surface area contributed by atoms with Crippen molar-refractivity contribution in [1.29, 1.82) is 0 Å². The Labute approximate surface area is 215 Å². The summed E-state index contributed by atoms with van der Waals surface area (Å²) in [6.07, 6.45) is 2.59. The molecule has 2 aromatic carbocycles. The number of aromatic nitrogens is 2. The molecule has 7 nitrogen and oxygen atoms in total. The number of Topliss-reactive ketones (excluding diaryl/α,β-unsaturated/α-hetero) is 1. The SMILES string of the molecule is Cc1ccc(Nc2nc(N3CCN(c4ccccc4F)CC3)nc3c2C(=O)CC(c2ccco2)C3)cc1. The number of nitrogens with one attached hydrogen (secondary N) is 1. The first kappa shape index (κ1) is 23.2. The predicted molar refractivity (Wildman–Crippen MR) is 141 cm³/mol. The molecule has 0 bridgehead atoms. The van der Waals surface area contributed by atoms with Crippen LogP contribution in [0.25, 0.3) is 0 Å². The molecule has 1 saturated heterocycles. The van der Waals surface area contributed by atoms with E-state index in [4.69, 9.17) is 14.4 Å². The number of carbonyl (C=O) groups excluding carboxylic acids is 1. The molecule has 3 heterocycles. The molecule has 2 aromatic heterocycles. The lowest BCUT2D eigenvalue weighted by Gasteiger charge is -2.36. The Hall–Kier alpha value is -4.20. The molecule has 1 fully saturated rings. The van der Waals surface area contributed by atoms with Gasteiger partial charge in [0.15, 0.2) is 5.78 Å². The Bertz CT molecular complexity index is 1410. The molecule has 1 unspecified atom stereocenters. The van der Waals surface area contributed by atoms with Gasteiger partial charge < -0.3 is 19.5 Å². The van der Waals surface area contributed by atoms with Gasteiger partial charge in [-0.3, -0.25) is 4.79 Å². The fourth-order valence-electron chi connectivity index (χ4n) is 5.15. The zero-order chi connectivity index (χ0) is 25.4. The molecule has 37 heavy (non-hydrogen) atoms. The maximum Gasteiger partial charge on any atom is 0.227 e. The standard InChI is InChI=1S/C29H28FN5O2/c1-19-8-10-21(11-9-19)31-28-27-23(17-20(18-25(27)36)26-7-4-16-37-26)32-29(33-28)35-14-12-34(13-15-35)24-6-3-2-5-22(24)30/h2-11,16,20H,12-15,17-18H2,1H3,(H,31,32,33).